The lowest BCUT2D eigenvalue weighted by atomic mass is 10.1. The summed E-state index contributed by atoms with van der Waals surface area (Å²) < 4.78 is 4.62. The molecular formula is C13H12N2O2. The molecule has 0 aliphatic rings. The Labute approximate surface area is 99.3 Å². The Morgan fingerprint density at radius 1 is 1.18 bits per heavy atom. The number of carbonyl (C=O) groups is 1. The maximum Gasteiger partial charge on any atom is 0.358 e. The molecule has 1 aromatic carbocycles. The van der Waals surface area contributed by atoms with E-state index in [2.05, 4.69) is 14.9 Å². The lowest BCUT2D eigenvalue weighted by Crippen LogP contribution is -2.08. The van der Waals surface area contributed by atoms with Crippen molar-refractivity contribution in [1.29, 1.82) is 0 Å². The second-order valence-corrected chi connectivity index (χ2v) is 3.62. The Hall–Kier alpha value is -2.23. The zero-order valence-corrected chi connectivity index (χ0v) is 9.68. The molecule has 2 aromatic rings. The highest BCUT2D eigenvalue weighted by Crippen LogP contribution is 2.17. The summed E-state index contributed by atoms with van der Waals surface area (Å²) in [5.74, 6) is -0.463. The van der Waals surface area contributed by atoms with Crippen molar-refractivity contribution in [3.05, 3.63) is 47.7 Å². The lowest BCUT2D eigenvalue weighted by Gasteiger charge is -2.04. The molecule has 0 unspecified atom stereocenters. The van der Waals surface area contributed by atoms with E-state index in [9.17, 15) is 4.79 Å². The molecule has 0 fully saturated rings. The van der Waals surface area contributed by atoms with E-state index < -0.39 is 5.97 Å². The fraction of sp³-hybridized carbons (Fsp3) is 0.154. The highest BCUT2D eigenvalue weighted by atomic mass is 16.5. The molecule has 0 atom stereocenters. The maximum atomic E-state index is 11.4. The van der Waals surface area contributed by atoms with Gasteiger partial charge in [0.2, 0.25) is 0 Å². The van der Waals surface area contributed by atoms with Gasteiger partial charge in [0.1, 0.15) is 0 Å². The Balaban J connectivity index is 2.41. The Bertz CT molecular complexity index is 538. The molecule has 0 aliphatic carbocycles. The number of benzene rings is 1. The lowest BCUT2D eigenvalue weighted by molar-refractivity contribution is 0.0592. The average molecular weight is 228 g/mol. The number of aryl methyl sites for hydroxylation is 1. The third kappa shape index (κ3) is 2.30. The molecular weight excluding hydrogens is 216 g/mol. The maximum absolute atomic E-state index is 11.4. The SMILES string of the molecule is COC(=O)c1nnc(-c2ccccc2)cc1C. The van der Waals surface area contributed by atoms with E-state index in [0.29, 0.717) is 0 Å². The van der Waals surface area contributed by atoms with Crippen molar-refractivity contribution >= 4 is 5.97 Å². The van der Waals surface area contributed by atoms with Crippen molar-refractivity contribution in [1.82, 2.24) is 10.2 Å². The fourth-order valence-corrected chi connectivity index (χ4v) is 1.53. The molecule has 0 amide bonds. The van der Waals surface area contributed by atoms with Crippen LogP contribution < -0.4 is 0 Å². The van der Waals surface area contributed by atoms with E-state index >= 15 is 0 Å². The molecule has 4 nitrogen and oxygen atoms in total. The molecule has 2 rings (SSSR count). The number of aromatic nitrogens is 2. The van der Waals surface area contributed by atoms with Crippen molar-refractivity contribution < 1.29 is 9.53 Å². The van der Waals surface area contributed by atoms with E-state index in [1.807, 2.05) is 43.3 Å². The van der Waals surface area contributed by atoms with Crippen LogP contribution in [0.3, 0.4) is 0 Å². The second kappa shape index (κ2) is 4.74. The van der Waals surface area contributed by atoms with Crippen LogP contribution in [-0.2, 0) is 4.74 Å². The number of methoxy groups -OCH3 is 1. The summed E-state index contributed by atoms with van der Waals surface area (Å²) in [6.45, 7) is 1.81. The van der Waals surface area contributed by atoms with Gasteiger partial charge in [0.05, 0.1) is 12.8 Å². The number of ether oxygens (including phenoxy) is 1. The van der Waals surface area contributed by atoms with Gasteiger partial charge < -0.3 is 4.74 Å². The minimum absolute atomic E-state index is 0.257. The first-order chi connectivity index (χ1) is 8.22. The van der Waals surface area contributed by atoms with Crippen LogP contribution in [0.25, 0.3) is 11.3 Å². The fourth-order valence-electron chi connectivity index (χ4n) is 1.53. The topological polar surface area (TPSA) is 52.1 Å². The third-order valence-corrected chi connectivity index (χ3v) is 2.43. The van der Waals surface area contributed by atoms with E-state index in [1.54, 1.807) is 0 Å². The van der Waals surface area contributed by atoms with Crippen molar-refractivity contribution in [3.8, 4) is 11.3 Å². The average Bonchev–Trinajstić information content (AvgIpc) is 2.39. The minimum atomic E-state index is -0.463. The van der Waals surface area contributed by atoms with Crippen molar-refractivity contribution in [2.75, 3.05) is 7.11 Å². The van der Waals surface area contributed by atoms with Crippen LogP contribution >= 0.6 is 0 Å². The number of esters is 1. The number of nitrogens with zero attached hydrogens (tertiary/aromatic N) is 2. The molecule has 4 heteroatoms. The zero-order valence-electron chi connectivity index (χ0n) is 9.68. The van der Waals surface area contributed by atoms with E-state index in [1.165, 1.54) is 7.11 Å². The predicted octanol–water partition coefficient (Wildman–Crippen LogP) is 2.24. The summed E-state index contributed by atoms with van der Waals surface area (Å²) in [7, 11) is 1.33. The van der Waals surface area contributed by atoms with Crippen LogP contribution in [0.15, 0.2) is 36.4 Å². The van der Waals surface area contributed by atoms with E-state index in [0.717, 1.165) is 16.8 Å². The summed E-state index contributed by atoms with van der Waals surface area (Å²) in [5.41, 5.74) is 2.73. The van der Waals surface area contributed by atoms with Crippen LogP contribution in [0.1, 0.15) is 16.1 Å². The van der Waals surface area contributed by atoms with Crippen LogP contribution in [0, 0.1) is 6.92 Å². The van der Waals surface area contributed by atoms with Crippen molar-refractivity contribution in [2.45, 2.75) is 6.92 Å². The van der Waals surface area contributed by atoms with E-state index in [4.69, 9.17) is 0 Å². The number of hydrogen-bond donors (Lipinski definition) is 0. The van der Waals surface area contributed by atoms with Gasteiger partial charge in [-0.15, -0.1) is 10.2 Å². The van der Waals surface area contributed by atoms with Gasteiger partial charge in [-0.25, -0.2) is 4.79 Å². The van der Waals surface area contributed by atoms with Crippen LogP contribution in [0.4, 0.5) is 0 Å². The van der Waals surface area contributed by atoms with E-state index in [-0.39, 0.29) is 5.69 Å². The van der Waals surface area contributed by atoms with Crippen molar-refractivity contribution in [3.63, 3.8) is 0 Å². The predicted molar refractivity (Wildman–Crippen MR) is 63.5 cm³/mol. The standard InChI is InChI=1S/C13H12N2O2/c1-9-8-11(10-6-4-3-5-7-10)14-15-12(9)13(16)17-2/h3-8H,1-2H3. The number of hydrogen-bond acceptors (Lipinski definition) is 4. The summed E-state index contributed by atoms with van der Waals surface area (Å²) in [4.78, 5) is 11.4. The molecule has 0 saturated heterocycles. The molecule has 17 heavy (non-hydrogen) atoms. The van der Waals surface area contributed by atoms with Crippen LogP contribution in [-0.4, -0.2) is 23.3 Å². The molecule has 0 saturated carbocycles. The summed E-state index contributed by atoms with van der Waals surface area (Å²) in [6.07, 6.45) is 0. The first-order valence-electron chi connectivity index (χ1n) is 5.20. The molecule has 1 heterocycles. The summed E-state index contributed by atoms with van der Waals surface area (Å²) >= 11 is 0. The van der Waals surface area contributed by atoms with Gasteiger partial charge in [-0.1, -0.05) is 30.3 Å². The second-order valence-electron chi connectivity index (χ2n) is 3.62. The van der Waals surface area contributed by atoms with Gasteiger partial charge in [0, 0.05) is 5.56 Å². The smallest absolute Gasteiger partial charge is 0.358 e. The molecule has 0 radical (unpaired) electrons. The van der Waals surface area contributed by atoms with Gasteiger partial charge >= 0.3 is 5.97 Å². The van der Waals surface area contributed by atoms with Crippen molar-refractivity contribution in [2.24, 2.45) is 0 Å². The first kappa shape index (κ1) is 11.3. The number of rotatable bonds is 2. The molecule has 0 spiro atoms. The molecule has 0 bridgehead atoms. The highest BCUT2D eigenvalue weighted by Gasteiger charge is 2.12. The van der Waals surface area contributed by atoms with Gasteiger partial charge in [0.25, 0.3) is 0 Å². The van der Waals surface area contributed by atoms with Crippen LogP contribution in [0.2, 0.25) is 0 Å². The molecule has 0 N–H and O–H groups in total. The van der Waals surface area contributed by atoms with Gasteiger partial charge in [-0.05, 0) is 18.6 Å². The summed E-state index contributed by atoms with van der Waals surface area (Å²) in [6, 6.07) is 11.5. The Morgan fingerprint density at radius 2 is 1.88 bits per heavy atom. The van der Waals surface area contributed by atoms with Crippen LogP contribution in [0.5, 0.6) is 0 Å². The summed E-state index contributed by atoms with van der Waals surface area (Å²) in [5, 5.41) is 7.93. The largest absolute Gasteiger partial charge is 0.464 e. The normalized spacial score (nSPS) is 10.0. The van der Waals surface area contributed by atoms with Gasteiger partial charge in [0.15, 0.2) is 5.69 Å². The number of carbonyl (C=O) groups excluding carboxylic acids is 1. The molecule has 0 aliphatic heterocycles. The Kier molecular flexibility index (Phi) is 3.14. The molecule has 86 valence electrons. The first-order valence-corrected chi connectivity index (χ1v) is 5.20. The molecule has 1 aromatic heterocycles. The highest BCUT2D eigenvalue weighted by molar-refractivity contribution is 5.88. The minimum Gasteiger partial charge on any atom is -0.464 e. The van der Waals surface area contributed by atoms with Gasteiger partial charge in [-0.3, -0.25) is 0 Å². The Morgan fingerprint density at radius 3 is 2.47 bits per heavy atom. The zero-order chi connectivity index (χ0) is 12.3. The van der Waals surface area contributed by atoms with Gasteiger partial charge in [-0.2, -0.15) is 0 Å². The third-order valence-electron chi connectivity index (χ3n) is 2.43. The monoisotopic (exact) mass is 228 g/mol. The quantitative estimate of drug-likeness (QED) is 0.740.